The van der Waals surface area contributed by atoms with Crippen LogP contribution in [0.3, 0.4) is 0 Å². The van der Waals surface area contributed by atoms with E-state index in [-0.39, 0.29) is 11.3 Å². The van der Waals surface area contributed by atoms with Crippen molar-refractivity contribution in [2.45, 2.75) is 6.54 Å². The van der Waals surface area contributed by atoms with Gasteiger partial charge in [0, 0.05) is 24.9 Å². The molecule has 0 amide bonds. The van der Waals surface area contributed by atoms with Crippen molar-refractivity contribution in [3.8, 4) is 6.07 Å². The van der Waals surface area contributed by atoms with Crippen molar-refractivity contribution in [2.75, 3.05) is 25.6 Å². The van der Waals surface area contributed by atoms with Gasteiger partial charge in [0.2, 0.25) is 0 Å². The maximum absolute atomic E-state index is 13.6. The van der Waals surface area contributed by atoms with Crippen LogP contribution >= 0.6 is 0 Å². The molecule has 4 nitrogen and oxygen atoms in total. The van der Waals surface area contributed by atoms with Crippen molar-refractivity contribution in [1.82, 2.24) is 4.90 Å². The van der Waals surface area contributed by atoms with E-state index in [0.717, 1.165) is 0 Å². The monoisotopic (exact) mass is 270 g/mol. The molecule has 0 saturated carbocycles. The Morgan fingerprint density at radius 2 is 2.11 bits per heavy atom. The molecule has 0 aliphatic rings. The highest BCUT2D eigenvalue weighted by Gasteiger charge is 2.09. The summed E-state index contributed by atoms with van der Waals surface area (Å²) in [5.41, 5.74) is 0.722. The van der Waals surface area contributed by atoms with Crippen LogP contribution in [-0.4, -0.2) is 38.9 Å². The molecule has 0 bridgehead atoms. The molecule has 6 heteroatoms. The summed E-state index contributed by atoms with van der Waals surface area (Å²) < 4.78 is 35.6. The molecule has 0 unspecified atom stereocenters. The molecule has 0 saturated heterocycles. The number of rotatable bonds is 5. The third kappa shape index (κ3) is 4.82. The molecule has 0 fully saturated rings. The van der Waals surface area contributed by atoms with Crippen LogP contribution in [0.1, 0.15) is 11.1 Å². The van der Waals surface area contributed by atoms with E-state index in [2.05, 4.69) is 0 Å². The van der Waals surface area contributed by atoms with Crippen LogP contribution in [0.4, 0.5) is 4.39 Å². The van der Waals surface area contributed by atoms with Gasteiger partial charge in [0.25, 0.3) is 0 Å². The Morgan fingerprint density at radius 1 is 1.44 bits per heavy atom. The Balaban J connectivity index is 2.65. The molecule has 1 aromatic rings. The van der Waals surface area contributed by atoms with Crippen LogP contribution in [0, 0.1) is 17.1 Å². The van der Waals surface area contributed by atoms with Gasteiger partial charge in [-0.15, -0.1) is 0 Å². The molecule has 0 aliphatic heterocycles. The Hall–Kier alpha value is -1.45. The van der Waals surface area contributed by atoms with Gasteiger partial charge >= 0.3 is 0 Å². The maximum atomic E-state index is 13.6. The minimum absolute atomic E-state index is 0.0431. The second-order valence-electron chi connectivity index (χ2n) is 4.29. The molecule has 1 rings (SSSR count). The Kier molecular flexibility index (Phi) is 4.82. The standard InChI is InChI=1S/C12H15FN2O2S/c1-15(5-6-18(2,16)17)9-11-4-3-10(8-14)7-12(11)13/h3-4,7H,5-6,9H2,1-2H3. The Labute approximate surface area is 107 Å². The predicted octanol–water partition coefficient (Wildman–Crippen LogP) is 1.17. The van der Waals surface area contributed by atoms with Crippen molar-refractivity contribution >= 4 is 9.84 Å². The number of nitriles is 1. The highest BCUT2D eigenvalue weighted by atomic mass is 32.2. The average molecular weight is 270 g/mol. The molecule has 0 spiro atoms. The number of halogens is 1. The topological polar surface area (TPSA) is 61.2 Å². The van der Waals surface area contributed by atoms with E-state index in [9.17, 15) is 12.8 Å². The lowest BCUT2D eigenvalue weighted by molar-refractivity contribution is 0.340. The van der Waals surface area contributed by atoms with E-state index in [1.54, 1.807) is 24.1 Å². The first-order valence-electron chi connectivity index (χ1n) is 5.36. The van der Waals surface area contributed by atoms with Gasteiger partial charge in [-0.1, -0.05) is 6.07 Å². The molecular formula is C12H15FN2O2S. The van der Waals surface area contributed by atoms with Crippen molar-refractivity contribution < 1.29 is 12.8 Å². The zero-order valence-corrected chi connectivity index (χ0v) is 11.2. The SMILES string of the molecule is CN(CCS(C)(=O)=O)Cc1ccc(C#N)cc1F. The number of nitrogens with zero attached hydrogens (tertiary/aromatic N) is 2. The summed E-state index contributed by atoms with van der Waals surface area (Å²) in [5, 5.41) is 8.61. The first-order chi connectivity index (χ1) is 8.31. The highest BCUT2D eigenvalue weighted by molar-refractivity contribution is 7.90. The summed E-state index contributed by atoms with van der Waals surface area (Å²) in [5.74, 6) is -0.401. The third-order valence-corrected chi connectivity index (χ3v) is 3.39. The first-order valence-corrected chi connectivity index (χ1v) is 7.42. The quantitative estimate of drug-likeness (QED) is 0.806. The van der Waals surface area contributed by atoms with E-state index in [1.807, 2.05) is 6.07 Å². The molecule has 0 aromatic heterocycles. The normalized spacial score (nSPS) is 11.5. The van der Waals surface area contributed by atoms with Gasteiger partial charge in [0.1, 0.15) is 15.7 Å². The zero-order valence-electron chi connectivity index (χ0n) is 10.4. The lowest BCUT2D eigenvalue weighted by Crippen LogP contribution is -2.25. The average Bonchev–Trinajstić information content (AvgIpc) is 2.28. The molecule has 0 aliphatic carbocycles. The summed E-state index contributed by atoms with van der Waals surface area (Å²) in [6.45, 7) is 0.658. The van der Waals surface area contributed by atoms with Crippen LogP contribution < -0.4 is 0 Å². The van der Waals surface area contributed by atoms with Gasteiger partial charge < -0.3 is 4.90 Å². The van der Waals surface area contributed by atoms with Crippen LogP contribution in [0.2, 0.25) is 0 Å². The third-order valence-electron chi connectivity index (χ3n) is 2.47. The molecule has 1 aromatic carbocycles. The fourth-order valence-corrected chi connectivity index (χ4v) is 2.08. The first kappa shape index (κ1) is 14.6. The van der Waals surface area contributed by atoms with Crippen molar-refractivity contribution in [1.29, 1.82) is 5.26 Å². The summed E-state index contributed by atoms with van der Waals surface area (Å²) >= 11 is 0. The number of sulfone groups is 1. The Bertz CT molecular complexity index is 564. The molecule has 98 valence electrons. The molecule has 0 radical (unpaired) electrons. The van der Waals surface area contributed by atoms with Crippen LogP contribution in [-0.2, 0) is 16.4 Å². The van der Waals surface area contributed by atoms with E-state index >= 15 is 0 Å². The number of hydrogen-bond donors (Lipinski definition) is 0. The predicted molar refractivity (Wildman–Crippen MR) is 67.2 cm³/mol. The molecule has 0 heterocycles. The van der Waals surface area contributed by atoms with E-state index in [1.165, 1.54) is 12.3 Å². The summed E-state index contributed by atoms with van der Waals surface area (Å²) in [4.78, 5) is 1.73. The second kappa shape index (κ2) is 5.94. The van der Waals surface area contributed by atoms with Gasteiger partial charge in [-0.25, -0.2) is 12.8 Å². The minimum atomic E-state index is -3.01. The van der Waals surface area contributed by atoms with Gasteiger partial charge in [-0.2, -0.15) is 5.26 Å². The lowest BCUT2D eigenvalue weighted by Gasteiger charge is -2.16. The molecular weight excluding hydrogens is 255 g/mol. The summed E-state index contributed by atoms with van der Waals surface area (Å²) in [7, 11) is -1.29. The van der Waals surface area contributed by atoms with Crippen LogP contribution in [0.25, 0.3) is 0 Å². The summed E-state index contributed by atoms with van der Waals surface area (Å²) in [6, 6.07) is 6.13. The minimum Gasteiger partial charge on any atom is -0.301 e. The highest BCUT2D eigenvalue weighted by Crippen LogP contribution is 2.11. The van der Waals surface area contributed by atoms with Gasteiger partial charge in [0.15, 0.2) is 0 Å². The summed E-state index contributed by atoms with van der Waals surface area (Å²) in [6.07, 6.45) is 1.17. The van der Waals surface area contributed by atoms with Gasteiger partial charge in [-0.3, -0.25) is 0 Å². The fourth-order valence-electron chi connectivity index (χ4n) is 1.44. The molecule has 0 atom stereocenters. The molecule has 0 N–H and O–H groups in total. The second-order valence-corrected chi connectivity index (χ2v) is 6.55. The Morgan fingerprint density at radius 3 is 2.61 bits per heavy atom. The zero-order chi connectivity index (χ0) is 13.8. The van der Waals surface area contributed by atoms with Gasteiger partial charge in [-0.05, 0) is 19.2 Å². The largest absolute Gasteiger partial charge is 0.301 e. The number of hydrogen-bond acceptors (Lipinski definition) is 4. The van der Waals surface area contributed by atoms with Gasteiger partial charge in [0.05, 0.1) is 17.4 Å². The van der Waals surface area contributed by atoms with Crippen molar-refractivity contribution in [3.05, 3.63) is 35.1 Å². The van der Waals surface area contributed by atoms with Crippen molar-refractivity contribution in [2.24, 2.45) is 0 Å². The van der Waals surface area contributed by atoms with E-state index in [0.29, 0.717) is 18.7 Å². The van der Waals surface area contributed by atoms with Crippen molar-refractivity contribution in [3.63, 3.8) is 0 Å². The van der Waals surface area contributed by atoms with E-state index in [4.69, 9.17) is 5.26 Å². The number of benzene rings is 1. The molecule has 18 heavy (non-hydrogen) atoms. The van der Waals surface area contributed by atoms with Crippen LogP contribution in [0.5, 0.6) is 0 Å². The lowest BCUT2D eigenvalue weighted by atomic mass is 10.1. The van der Waals surface area contributed by atoms with Crippen LogP contribution in [0.15, 0.2) is 18.2 Å². The smallest absolute Gasteiger partial charge is 0.148 e. The fraction of sp³-hybridized carbons (Fsp3) is 0.417. The van der Waals surface area contributed by atoms with E-state index < -0.39 is 15.7 Å². The maximum Gasteiger partial charge on any atom is 0.148 e.